The molecule has 4 heteroatoms. The minimum absolute atomic E-state index is 0.400. The number of rotatable bonds is 3. The van der Waals surface area contributed by atoms with Gasteiger partial charge in [-0.25, -0.2) is 4.79 Å². The average Bonchev–Trinajstić information content (AvgIpc) is 2.16. The highest BCUT2D eigenvalue weighted by atomic mass is 16.5. The van der Waals surface area contributed by atoms with Gasteiger partial charge in [-0.15, -0.1) is 0 Å². The Morgan fingerprint density at radius 1 is 1.31 bits per heavy atom. The number of pyridine rings is 1. The number of ether oxygens (including phenoxy) is 1. The molecule has 0 fully saturated rings. The summed E-state index contributed by atoms with van der Waals surface area (Å²) in [4.78, 5) is 15.4. The van der Waals surface area contributed by atoms with Crippen molar-refractivity contribution in [2.24, 2.45) is 0 Å². The molecule has 1 N–H and O–H groups in total. The summed E-state index contributed by atoms with van der Waals surface area (Å²) in [6, 6.07) is 5.14. The average molecular weight is 223 g/mol. The van der Waals surface area contributed by atoms with Gasteiger partial charge in [0.2, 0.25) is 5.60 Å². The van der Waals surface area contributed by atoms with E-state index in [4.69, 9.17) is 4.74 Å². The molecule has 1 atom stereocenters. The minimum Gasteiger partial charge on any atom is -0.479 e. The van der Waals surface area contributed by atoms with E-state index in [1.807, 2.05) is 20.8 Å². The van der Waals surface area contributed by atoms with E-state index in [9.17, 15) is 9.90 Å². The summed E-state index contributed by atoms with van der Waals surface area (Å²) in [7, 11) is 0. The molecular formula is C12H17NO3. The van der Waals surface area contributed by atoms with Crippen LogP contribution in [0.2, 0.25) is 0 Å². The standard InChI is InChI=1S/C12H17NO3/c1-11(2,3)16-12(4,10(14)15)9-7-5-6-8-13-9/h5-8H,1-4H3,(H,14,15). The molecule has 1 aromatic rings. The Labute approximate surface area is 95.3 Å². The molecule has 0 saturated carbocycles. The summed E-state index contributed by atoms with van der Waals surface area (Å²) in [6.45, 7) is 6.97. The lowest BCUT2D eigenvalue weighted by molar-refractivity contribution is -0.184. The highest BCUT2D eigenvalue weighted by molar-refractivity contribution is 5.78. The van der Waals surface area contributed by atoms with Gasteiger partial charge in [0.25, 0.3) is 0 Å². The maximum atomic E-state index is 11.3. The normalized spacial score (nSPS) is 15.5. The molecule has 1 unspecified atom stereocenters. The first-order valence-corrected chi connectivity index (χ1v) is 5.11. The van der Waals surface area contributed by atoms with Crippen molar-refractivity contribution in [1.82, 2.24) is 4.98 Å². The quantitative estimate of drug-likeness (QED) is 0.853. The second-order valence-electron chi connectivity index (χ2n) is 4.77. The number of carboxylic acid groups (broad SMARTS) is 1. The number of carbonyl (C=O) groups is 1. The topological polar surface area (TPSA) is 59.4 Å². The summed E-state index contributed by atoms with van der Waals surface area (Å²) in [6.07, 6.45) is 1.56. The fourth-order valence-corrected chi connectivity index (χ4v) is 1.46. The molecule has 0 aromatic carbocycles. The molecule has 4 nitrogen and oxygen atoms in total. The van der Waals surface area contributed by atoms with E-state index in [1.54, 1.807) is 24.4 Å². The van der Waals surface area contributed by atoms with Crippen LogP contribution in [0.1, 0.15) is 33.4 Å². The molecule has 88 valence electrons. The van der Waals surface area contributed by atoms with E-state index in [0.29, 0.717) is 5.69 Å². The Kier molecular flexibility index (Phi) is 3.33. The van der Waals surface area contributed by atoms with Gasteiger partial charge in [0.05, 0.1) is 11.3 Å². The zero-order valence-electron chi connectivity index (χ0n) is 10.0. The van der Waals surface area contributed by atoms with Crippen molar-refractivity contribution in [1.29, 1.82) is 0 Å². The highest BCUT2D eigenvalue weighted by Gasteiger charge is 2.41. The fraction of sp³-hybridized carbons (Fsp3) is 0.500. The number of aromatic nitrogens is 1. The lowest BCUT2D eigenvalue weighted by Gasteiger charge is -2.32. The van der Waals surface area contributed by atoms with Crippen molar-refractivity contribution in [3.63, 3.8) is 0 Å². The van der Waals surface area contributed by atoms with E-state index in [0.717, 1.165) is 0 Å². The zero-order chi connectivity index (χ0) is 12.4. The van der Waals surface area contributed by atoms with Crippen LogP contribution in [0.25, 0.3) is 0 Å². The molecular weight excluding hydrogens is 206 g/mol. The van der Waals surface area contributed by atoms with Crippen LogP contribution >= 0.6 is 0 Å². The van der Waals surface area contributed by atoms with Gasteiger partial charge in [-0.05, 0) is 39.8 Å². The Hall–Kier alpha value is -1.42. The largest absolute Gasteiger partial charge is 0.479 e. The lowest BCUT2D eigenvalue weighted by atomic mass is 9.99. The first kappa shape index (κ1) is 12.6. The maximum Gasteiger partial charge on any atom is 0.342 e. The third kappa shape index (κ3) is 2.79. The zero-order valence-corrected chi connectivity index (χ0v) is 10.0. The summed E-state index contributed by atoms with van der Waals surface area (Å²) in [5, 5.41) is 9.28. The van der Waals surface area contributed by atoms with Gasteiger partial charge in [-0.2, -0.15) is 0 Å². The molecule has 0 amide bonds. The molecule has 1 heterocycles. The highest BCUT2D eigenvalue weighted by Crippen LogP contribution is 2.29. The Morgan fingerprint density at radius 2 is 1.94 bits per heavy atom. The summed E-state index contributed by atoms with van der Waals surface area (Å²) >= 11 is 0. The first-order chi connectivity index (χ1) is 7.26. The second-order valence-corrected chi connectivity index (χ2v) is 4.77. The monoisotopic (exact) mass is 223 g/mol. The van der Waals surface area contributed by atoms with E-state index in [-0.39, 0.29) is 0 Å². The second kappa shape index (κ2) is 4.22. The van der Waals surface area contributed by atoms with Gasteiger partial charge in [0, 0.05) is 6.20 Å². The number of nitrogens with zero attached hydrogens (tertiary/aromatic N) is 1. The molecule has 0 saturated heterocycles. The number of hydrogen-bond donors (Lipinski definition) is 1. The molecule has 0 spiro atoms. The molecule has 0 aliphatic heterocycles. The van der Waals surface area contributed by atoms with Crippen molar-refractivity contribution in [2.75, 3.05) is 0 Å². The molecule has 16 heavy (non-hydrogen) atoms. The molecule has 1 aromatic heterocycles. The van der Waals surface area contributed by atoms with Gasteiger partial charge in [-0.1, -0.05) is 6.07 Å². The van der Waals surface area contributed by atoms with Crippen molar-refractivity contribution < 1.29 is 14.6 Å². The molecule has 0 radical (unpaired) electrons. The number of aliphatic carboxylic acids is 1. The summed E-state index contributed by atoms with van der Waals surface area (Å²) in [5.41, 5.74) is -1.57. The van der Waals surface area contributed by atoms with Crippen LogP contribution in [-0.4, -0.2) is 21.7 Å². The van der Waals surface area contributed by atoms with E-state index >= 15 is 0 Å². The van der Waals surface area contributed by atoms with Crippen LogP contribution in [0.15, 0.2) is 24.4 Å². The number of carboxylic acids is 1. The molecule has 0 bridgehead atoms. The lowest BCUT2D eigenvalue weighted by Crippen LogP contribution is -2.42. The Morgan fingerprint density at radius 3 is 2.31 bits per heavy atom. The predicted octanol–water partition coefficient (Wildman–Crippen LogP) is 2.20. The smallest absolute Gasteiger partial charge is 0.342 e. The Balaban J connectivity index is 3.13. The van der Waals surface area contributed by atoms with Gasteiger partial charge >= 0.3 is 5.97 Å². The van der Waals surface area contributed by atoms with Crippen LogP contribution in [0.4, 0.5) is 0 Å². The van der Waals surface area contributed by atoms with E-state index in [2.05, 4.69) is 4.98 Å². The minimum atomic E-state index is -1.42. The maximum absolute atomic E-state index is 11.3. The molecule has 0 aliphatic carbocycles. The van der Waals surface area contributed by atoms with Crippen molar-refractivity contribution in [3.8, 4) is 0 Å². The summed E-state index contributed by atoms with van der Waals surface area (Å²) in [5.74, 6) is -1.04. The van der Waals surface area contributed by atoms with Crippen molar-refractivity contribution >= 4 is 5.97 Å². The third-order valence-corrected chi connectivity index (χ3v) is 2.07. The van der Waals surface area contributed by atoms with Crippen LogP contribution in [0.5, 0.6) is 0 Å². The van der Waals surface area contributed by atoms with E-state index < -0.39 is 17.2 Å². The van der Waals surface area contributed by atoms with Crippen LogP contribution in [0.3, 0.4) is 0 Å². The van der Waals surface area contributed by atoms with E-state index in [1.165, 1.54) is 6.92 Å². The van der Waals surface area contributed by atoms with Crippen LogP contribution < -0.4 is 0 Å². The van der Waals surface area contributed by atoms with Crippen LogP contribution in [0, 0.1) is 0 Å². The van der Waals surface area contributed by atoms with Gasteiger partial charge < -0.3 is 9.84 Å². The summed E-state index contributed by atoms with van der Waals surface area (Å²) < 4.78 is 5.61. The number of hydrogen-bond acceptors (Lipinski definition) is 3. The third-order valence-electron chi connectivity index (χ3n) is 2.07. The van der Waals surface area contributed by atoms with Crippen LogP contribution in [-0.2, 0) is 15.1 Å². The first-order valence-electron chi connectivity index (χ1n) is 5.11. The molecule has 1 rings (SSSR count). The van der Waals surface area contributed by atoms with Crippen molar-refractivity contribution in [2.45, 2.75) is 38.9 Å². The predicted molar refractivity (Wildman–Crippen MR) is 60.1 cm³/mol. The van der Waals surface area contributed by atoms with Crippen molar-refractivity contribution in [3.05, 3.63) is 30.1 Å². The fourth-order valence-electron chi connectivity index (χ4n) is 1.46. The Bertz CT molecular complexity index is 370. The SMILES string of the molecule is CC(C)(C)OC(C)(C(=O)O)c1ccccn1. The van der Waals surface area contributed by atoms with Gasteiger partial charge in [0.15, 0.2) is 0 Å². The van der Waals surface area contributed by atoms with Gasteiger partial charge in [0.1, 0.15) is 0 Å². The molecule has 0 aliphatic rings. The van der Waals surface area contributed by atoms with Gasteiger partial charge in [-0.3, -0.25) is 4.98 Å².